The van der Waals surface area contributed by atoms with Gasteiger partial charge in [-0.1, -0.05) is 0 Å². The van der Waals surface area contributed by atoms with Crippen LogP contribution in [0.2, 0.25) is 0 Å². The van der Waals surface area contributed by atoms with Crippen molar-refractivity contribution < 1.29 is 9.47 Å². The van der Waals surface area contributed by atoms with E-state index in [1.165, 1.54) is 97.1 Å². The maximum Gasteiger partial charge on any atom is 0.0632 e. The number of rotatable bonds is 4. The first-order chi connectivity index (χ1) is 13.7. The van der Waals surface area contributed by atoms with Gasteiger partial charge in [0.1, 0.15) is 0 Å². The third-order valence-corrected chi connectivity index (χ3v) is 8.28. The summed E-state index contributed by atoms with van der Waals surface area (Å²) in [4.78, 5) is 5.56. The van der Waals surface area contributed by atoms with Crippen LogP contribution >= 0.6 is 24.8 Å². The van der Waals surface area contributed by atoms with Crippen molar-refractivity contribution in [2.45, 2.75) is 96.7 Å². The van der Waals surface area contributed by atoms with E-state index in [9.17, 15) is 0 Å². The Balaban J connectivity index is 0.00000171. The minimum atomic E-state index is 0. The van der Waals surface area contributed by atoms with E-state index in [0.29, 0.717) is 10.8 Å². The van der Waals surface area contributed by atoms with Gasteiger partial charge in [0.25, 0.3) is 0 Å². The van der Waals surface area contributed by atoms with E-state index in [2.05, 4.69) is 37.5 Å². The Morgan fingerprint density at radius 1 is 0.645 bits per heavy atom. The lowest BCUT2D eigenvalue weighted by Crippen LogP contribution is -2.52. The van der Waals surface area contributed by atoms with Crippen molar-refractivity contribution in [3.05, 3.63) is 0 Å². The number of likely N-dealkylation sites (tertiary alicyclic amines) is 2. The fourth-order valence-corrected chi connectivity index (χ4v) is 7.39. The molecule has 0 amide bonds. The number of piperidine rings is 2. The Bertz CT molecular complexity index is 518. The number of halogens is 2. The van der Waals surface area contributed by atoms with Gasteiger partial charge < -0.3 is 19.3 Å². The van der Waals surface area contributed by atoms with Gasteiger partial charge in [-0.3, -0.25) is 0 Å². The van der Waals surface area contributed by atoms with Gasteiger partial charge in [-0.2, -0.15) is 0 Å². The van der Waals surface area contributed by atoms with Crippen LogP contribution in [0.15, 0.2) is 0 Å². The van der Waals surface area contributed by atoms with Crippen molar-refractivity contribution in [2.75, 3.05) is 52.5 Å². The summed E-state index contributed by atoms with van der Waals surface area (Å²) in [5.74, 6) is 0. The molecule has 0 aromatic heterocycles. The quantitative estimate of drug-likeness (QED) is 0.527. The second kappa shape index (κ2) is 10.8. The monoisotopic (exact) mass is 478 g/mol. The largest absolute Gasteiger partial charge is 0.376 e. The molecule has 6 heteroatoms. The second-order valence-electron chi connectivity index (χ2n) is 12.2. The first-order valence-corrected chi connectivity index (χ1v) is 12.4. The van der Waals surface area contributed by atoms with E-state index in [1.807, 2.05) is 0 Å². The zero-order valence-corrected chi connectivity index (χ0v) is 22.2. The zero-order valence-electron chi connectivity index (χ0n) is 20.5. The lowest BCUT2D eigenvalue weighted by atomic mass is 9.69. The molecule has 2 spiro atoms. The van der Waals surface area contributed by atoms with Gasteiger partial charge >= 0.3 is 0 Å². The molecule has 0 aromatic carbocycles. The van der Waals surface area contributed by atoms with Gasteiger partial charge in [0.15, 0.2) is 0 Å². The van der Waals surface area contributed by atoms with Crippen LogP contribution in [0.4, 0.5) is 0 Å². The van der Waals surface area contributed by atoms with Gasteiger partial charge in [-0.05, 0) is 122 Å². The minimum absolute atomic E-state index is 0. The molecular formula is C25H48Cl2N2O2. The molecule has 4 fully saturated rings. The van der Waals surface area contributed by atoms with E-state index in [4.69, 9.17) is 9.47 Å². The SMILES string of the molecule is CC1(C)CC2(CCCN(CCCN3CCCC4(CCOC(C)(C)C4)C3)C2)CCO1.Cl.Cl. The van der Waals surface area contributed by atoms with Crippen LogP contribution in [-0.4, -0.2) is 73.5 Å². The standard InChI is InChI=1S/C25H46N2O2.2ClH/c1-22(2)18-24(10-16-28-22)8-5-12-26(20-24)14-7-15-27-13-6-9-25(21-27)11-17-29-23(3,4)19-25;;/h5-21H2,1-4H3;2*1H. The predicted molar refractivity (Wildman–Crippen MR) is 134 cm³/mol. The van der Waals surface area contributed by atoms with Crippen molar-refractivity contribution in [2.24, 2.45) is 10.8 Å². The van der Waals surface area contributed by atoms with Crippen LogP contribution in [0.1, 0.15) is 85.5 Å². The Morgan fingerprint density at radius 2 is 1.06 bits per heavy atom. The summed E-state index contributed by atoms with van der Waals surface area (Å²) in [6, 6.07) is 0. The number of hydrogen-bond donors (Lipinski definition) is 0. The van der Waals surface area contributed by atoms with E-state index in [0.717, 1.165) is 13.2 Å². The second-order valence-corrected chi connectivity index (χ2v) is 12.2. The van der Waals surface area contributed by atoms with Crippen molar-refractivity contribution >= 4 is 24.8 Å². The molecule has 184 valence electrons. The lowest BCUT2D eigenvalue weighted by molar-refractivity contribution is -0.124. The van der Waals surface area contributed by atoms with Crippen LogP contribution in [0, 0.1) is 10.8 Å². The van der Waals surface area contributed by atoms with Gasteiger partial charge in [-0.15, -0.1) is 24.8 Å². The zero-order chi connectivity index (χ0) is 20.6. The molecule has 31 heavy (non-hydrogen) atoms. The maximum absolute atomic E-state index is 6.02. The topological polar surface area (TPSA) is 24.9 Å². The van der Waals surface area contributed by atoms with Crippen LogP contribution < -0.4 is 0 Å². The van der Waals surface area contributed by atoms with Crippen molar-refractivity contribution in [1.82, 2.24) is 9.80 Å². The summed E-state index contributed by atoms with van der Waals surface area (Å²) >= 11 is 0. The van der Waals surface area contributed by atoms with Crippen molar-refractivity contribution in [3.8, 4) is 0 Å². The summed E-state index contributed by atoms with van der Waals surface area (Å²) in [6.45, 7) is 18.8. The molecular weight excluding hydrogens is 431 g/mol. The molecule has 4 rings (SSSR count). The highest BCUT2D eigenvalue weighted by molar-refractivity contribution is 5.85. The van der Waals surface area contributed by atoms with Gasteiger partial charge in [-0.25, -0.2) is 0 Å². The first-order valence-electron chi connectivity index (χ1n) is 12.4. The molecule has 2 atom stereocenters. The Labute approximate surface area is 204 Å². The molecule has 0 bridgehead atoms. The smallest absolute Gasteiger partial charge is 0.0632 e. The van der Waals surface area contributed by atoms with Crippen LogP contribution in [-0.2, 0) is 9.47 Å². The van der Waals surface area contributed by atoms with Crippen LogP contribution in [0.3, 0.4) is 0 Å². The van der Waals surface area contributed by atoms with Gasteiger partial charge in [0, 0.05) is 26.3 Å². The average molecular weight is 480 g/mol. The van der Waals surface area contributed by atoms with Crippen molar-refractivity contribution in [3.63, 3.8) is 0 Å². The summed E-state index contributed by atoms with van der Waals surface area (Å²) in [5, 5.41) is 0. The van der Waals surface area contributed by atoms with E-state index < -0.39 is 0 Å². The Kier molecular flexibility index (Phi) is 9.62. The summed E-state index contributed by atoms with van der Waals surface area (Å²) in [6.07, 6.45) is 11.9. The molecule has 4 saturated heterocycles. The van der Waals surface area contributed by atoms with Gasteiger partial charge in [0.2, 0.25) is 0 Å². The molecule has 0 aromatic rings. The van der Waals surface area contributed by atoms with Crippen molar-refractivity contribution in [1.29, 1.82) is 0 Å². The Morgan fingerprint density at radius 3 is 1.45 bits per heavy atom. The number of ether oxygens (including phenoxy) is 2. The predicted octanol–water partition coefficient (Wildman–Crippen LogP) is 5.56. The lowest BCUT2D eigenvalue weighted by Gasteiger charge is -2.50. The van der Waals surface area contributed by atoms with E-state index in [1.54, 1.807) is 0 Å². The molecule has 4 heterocycles. The Hall–Kier alpha value is 0.420. The number of nitrogens with zero attached hydrogens (tertiary/aromatic N) is 2. The summed E-state index contributed by atoms with van der Waals surface area (Å²) < 4.78 is 12.0. The maximum atomic E-state index is 6.02. The fraction of sp³-hybridized carbons (Fsp3) is 1.00. The summed E-state index contributed by atoms with van der Waals surface area (Å²) in [7, 11) is 0. The minimum Gasteiger partial charge on any atom is -0.376 e. The molecule has 4 aliphatic heterocycles. The molecule has 0 aliphatic carbocycles. The highest BCUT2D eigenvalue weighted by Gasteiger charge is 2.44. The third-order valence-electron chi connectivity index (χ3n) is 8.28. The number of hydrogen-bond acceptors (Lipinski definition) is 4. The highest BCUT2D eigenvalue weighted by atomic mass is 35.5. The molecule has 4 nitrogen and oxygen atoms in total. The molecule has 0 N–H and O–H groups in total. The third kappa shape index (κ3) is 7.20. The van der Waals surface area contributed by atoms with E-state index in [-0.39, 0.29) is 36.0 Å². The molecule has 4 aliphatic rings. The molecule has 2 unspecified atom stereocenters. The van der Waals surface area contributed by atoms with Gasteiger partial charge in [0.05, 0.1) is 11.2 Å². The van der Waals surface area contributed by atoms with E-state index >= 15 is 0 Å². The van der Waals surface area contributed by atoms with Crippen LogP contribution in [0.25, 0.3) is 0 Å². The summed E-state index contributed by atoms with van der Waals surface area (Å²) in [5.41, 5.74) is 1.17. The molecule has 0 saturated carbocycles. The molecule has 0 radical (unpaired) electrons. The first kappa shape index (κ1) is 27.7. The highest BCUT2D eigenvalue weighted by Crippen LogP contribution is 2.46. The van der Waals surface area contributed by atoms with Crippen LogP contribution in [0.5, 0.6) is 0 Å². The fourth-order valence-electron chi connectivity index (χ4n) is 7.39. The normalized spacial score (nSPS) is 36.0. The average Bonchev–Trinajstić information content (AvgIpc) is 2.60.